The molecule has 34 heavy (non-hydrogen) atoms. The summed E-state index contributed by atoms with van der Waals surface area (Å²) in [5, 5.41) is 7.13. The Balaban J connectivity index is 1.47. The van der Waals surface area contributed by atoms with E-state index >= 15 is 0 Å². The first kappa shape index (κ1) is 22.6. The van der Waals surface area contributed by atoms with E-state index in [1.165, 1.54) is 6.07 Å². The molecule has 3 aromatic carbocycles. The predicted octanol–water partition coefficient (Wildman–Crippen LogP) is 4.36. The van der Waals surface area contributed by atoms with Crippen LogP contribution in [-0.4, -0.2) is 29.9 Å². The Morgan fingerprint density at radius 1 is 0.853 bits per heavy atom. The third-order valence-corrected chi connectivity index (χ3v) is 4.96. The molecular weight excluding hydrogens is 434 g/mol. The number of nitrogens with zero attached hydrogens (tertiary/aromatic N) is 2. The van der Waals surface area contributed by atoms with Crippen molar-refractivity contribution >= 4 is 11.6 Å². The molecule has 0 saturated heterocycles. The van der Waals surface area contributed by atoms with Gasteiger partial charge in [0.25, 0.3) is 5.56 Å². The Labute approximate surface area is 196 Å². The summed E-state index contributed by atoms with van der Waals surface area (Å²) in [5.74, 6) is 2.16. The molecule has 0 bridgehead atoms. The van der Waals surface area contributed by atoms with Gasteiger partial charge >= 0.3 is 0 Å². The van der Waals surface area contributed by atoms with E-state index in [1.807, 2.05) is 30.3 Å². The molecule has 0 radical (unpaired) electrons. The lowest BCUT2D eigenvalue weighted by Crippen LogP contribution is -2.29. The Kier molecular flexibility index (Phi) is 6.88. The van der Waals surface area contributed by atoms with Crippen molar-refractivity contribution in [2.45, 2.75) is 6.54 Å². The average molecular weight is 457 g/mol. The monoisotopic (exact) mass is 457 g/mol. The van der Waals surface area contributed by atoms with E-state index in [-0.39, 0.29) is 12.5 Å². The van der Waals surface area contributed by atoms with Crippen LogP contribution in [-0.2, 0) is 11.3 Å². The molecule has 0 spiro atoms. The third-order valence-electron chi connectivity index (χ3n) is 4.96. The minimum atomic E-state index is -0.396. The fourth-order valence-electron chi connectivity index (χ4n) is 3.29. The van der Waals surface area contributed by atoms with Gasteiger partial charge in [-0.05, 0) is 60.7 Å². The molecule has 0 unspecified atom stereocenters. The zero-order chi connectivity index (χ0) is 23.9. The van der Waals surface area contributed by atoms with Crippen molar-refractivity contribution < 1.29 is 19.0 Å². The van der Waals surface area contributed by atoms with Crippen LogP contribution < -0.4 is 25.1 Å². The molecule has 8 heteroatoms. The summed E-state index contributed by atoms with van der Waals surface area (Å²) in [5.41, 5.74) is 1.30. The number of methoxy groups -OCH3 is 2. The number of carbonyl (C=O) groups is 1. The second kappa shape index (κ2) is 10.4. The van der Waals surface area contributed by atoms with Gasteiger partial charge < -0.3 is 19.5 Å². The summed E-state index contributed by atoms with van der Waals surface area (Å²) in [6.07, 6.45) is 0. The highest BCUT2D eigenvalue weighted by Gasteiger charge is 2.13. The maximum absolute atomic E-state index is 12.6. The van der Waals surface area contributed by atoms with Crippen molar-refractivity contribution in [2.24, 2.45) is 0 Å². The van der Waals surface area contributed by atoms with Crippen LogP contribution in [0.15, 0.2) is 89.7 Å². The standard InChI is InChI=1S/C26H23N3O5/c1-32-21-12-14-24(33-2)22(16-21)23-13-15-26(31)29(28-23)17-25(30)27-18-8-10-20(11-9-18)34-19-6-4-3-5-7-19/h3-16H,17H2,1-2H3,(H,27,30). The number of aromatic nitrogens is 2. The van der Waals surface area contributed by atoms with Gasteiger partial charge in [-0.2, -0.15) is 5.10 Å². The highest BCUT2D eigenvalue weighted by Crippen LogP contribution is 2.31. The van der Waals surface area contributed by atoms with Gasteiger partial charge in [0.05, 0.1) is 19.9 Å². The smallest absolute Gasteiger partial charge is 0.267 e. The molecule has 8 nitrogen and oxygen atoms in total. The van der Waals surface area contributed by atoms with Gasteiger partial charge in [-0.1, -0.05) is 18.2 Å². The predicted molar refractivity (Wildman–Crippen MR) is 129 cm³/mol. The first-order valence-electron chi connectivity index (χ1n) is 10.5. The fraction of sp³-hybridized carbons (Fsp3) is 0.115. The minimum Gasteiger partial charge on any atom is -0.497 e. The third kappa shape index (κ3) is 5.42. The number of para-hydroxylation sites is 1. The molecule has 172 valence electrons. The number of hydrogen-bond acceptors (Lipinski definition) is 6. The van der Waals surface area contributed by atoms with E-state index in [4.69, 9.17) is 14.2 Å². The van der Waals surface area contributed by atoms with E-state index in [2.05, 4.69) is 10.4 Å². The van der Waals surface area contributed by atoms with Gasteiger partial charge in [0, 0.05) is 17.3 Å². The van der Waals surface area contributed by atoms with Crippen molar-refractivity contribution in [1.29, 1.82) is 0 Å². The van der Waals surface area contributed by atoms with Crippen LogP contribution in [0, 0.1) is 0 Å². The fourth-order valence-corrected chi connectivity index (χ4v) is 3.29. The van der Waals surface area contributed by atoms with Crippen molar-refractivity contribution in [3.63, 3.8) is 0 Å². The molecular formula is C26H23N3O5. The lowest BCUT2D eigenvalue weighted by atomic mass is 10.1. The van der Waals surface area contributed by atoms with Gasteiger partial charge in [-0.15, -0.1) is 0 Å². The van der Waals surface area contributed by atoms with Gasteiger partial charge in [0.2, 0.25) is 5.91 Å². The summed E-state index contributed by atoms with van der Waals surface area (Å²) in [4.78, 5) is 24.9. The van der Waals surface area contributed by atoms with Gasteiger partial charge in [-0.25, -0.2) is 4.68 Å². The number of nitrogens with one attached hydrogen (secondary N) is 1. The van der Waals surface area contributed by atoms with E-state index < -0.39 is 5.56 Å². The number of rotatable bonds is 8. The zero-order valence-electron chi connectivity index (χ0n) is 18.7. The second-order valence-electron chi connectivity index (χ2n) is 7.27. The minimum absolute atomic E-state index is 0.249. The van der Waals surface area contributed by atoms with Crippen LogP contribution in [0.1, 0.15) is 0 Å². The molecule has 0 fully saturated rings. The van der Waals surface area contributed by atoms with Gasteiger partial charge in [0.1, 0.15) is 29.5 Å². The number of benzene rings is 3. The first-order valence-corrected chi connectivity index (χ1v) is 10.5. The highest BCUT2D eigenvalue weighted by atomic mass is 16.5. The quantitative estimate of drug-likeness (QED) is 0.423. The molecule has 0 aliphatic rings. The normalized spacial score (nSPS) is 10.4. The Hall–Kier alpha value is -4.59. The van der Waals surface area contributed by atoms with Crippen LogP contribution in [0.4, 0.5) is 5.69 Å². The number of amides is 1. The Bertz CT molecular complexity index is 1330. The van der Waals surface area contributed by atoms with Gasteiger partial charge in [0.15, 0.2) is 0 Å². The summed E-state index contributed by atoms with van der Waals surface area (Å²) in [6.45, 7) is -0.249. The van der Waals surface area contributed by atoms with E-state index in [9.17, 15) is 9.59 Å². The van der Waals surface area contributed by atoms with Crippen molar-refractivity contribution in [3.8, 4) is 34.3 Å². The largest absolute Gasteiger partial charge is 0.497 e. The summed E-state index contributed by atoms with van der Waals surface area (Å²) in [7, 11) is 3.11. The summed E-state index contributed by atoms with van der Waals surface area (Å²) < 4.78 is 17.5. The average Bonchev–Trinajstić information content (AvgIpc) is 2.87. The molecule has 1 N–H and O–H groups in total. The number of hydrogen-bond donors (Lipinski definition) is 1. The van der Waals surface area contributed by atoms with E-state index in [0.29, 0.717) is 34.2 Å². The lowest BCUT2D eigenvalue weighted by Gasteiger charge is -2.12. The molecule has 1 amide bonds. The maximum Gasteiger partial charge on any atom is 0.267 e. The number of anilines is 1. The number of carbonyl (C=O) groups excluding carboxylic acids is 1. The van der Waals surface area contributed by atoms with Crippen LogP contribution >= 0.6 is 0 Å². The van der Waals surface area contributed by atoms with Gasteiger partial charge in [-0.3, -0.25) is 9.59 Å². The number of ether oxygens (including phenoxy) is 3. The SMILES string of the molecule is COc1ccc(OC)c(-c2ccc(=O)n(CC(=O)Nc3ccc(Oc4ccccc4)cc3)n2)c1. The van der Waals surface area contributed by atoms with Crippen LogP contribution in [0.3, 0.4) is 0 Å². The van der Waals surface area contributed by atoms with Crippen molar-refractivity contribution in [1.82, 2.24) is 9.78 Å². The van der Waals surface area contributed by atoms with Crippen LogP contribution in [0.5, 0.6) is 23.0 Å². The maximum atomic E-state index is 12.6. The first-order chi connectivity index (χ1) is 16.6. The molecule has 1 aromatic heterocycles. The van der Waals surface area contributed by atoms with Crippen LogP contribution in [0.25, 0.3) is 11.3 Å². The summed E-state index contributed by atoms with van der Waals surface area (Å²) in [6, 6.07) is 24.6. The zero-order valence-corrected chi connectivity index (χ0v) is 18.7. The van der Waals surface area contributed by atoms with E-state index in [0.717, 1.165) is 10.4 Å². The molecule has 0 aliphatic carbocycles. The molecule has 0 aliphatic heterocycles. The summed E-state index contributed by atoms with van der Waals surface area (Å²) >= 11 is 0. The Morgan fingerprint density at radius 2 is 1.56 bits per heavy atom. The Morgan fingerprint density at radius 3 is 2.26 bits per heavy atom. The molecule has 4 rings (SSSR count). The van der Waals surface area contributed by atoms with Crippen molar-refractivity contribution in [2.75, 3.05) is 19.5 Å². The molecule has 0 saturated carbocycles. The molecule has 1 heterocycles. The molecule has 0 atom stereocenters. The van der Waals surface area contributed by atoms with E-state index in [1.54, 1.807) is 62.8 Å². The molecule has 4 aromatic rings. The van der Waals surface area contributed by atoms with Crippen molar-refractivity contribution in [3.05, 3.63) is 95.3 Å². The van der Waals surface area contributed by atoms with Crippen LogP contribution in [0.2, 0.25) is 0 Å². The topological polar surface area (TPSA) is 91.7 Å². The highest BCUT2D eigenvalue weighted by molar-refractivity contribution is 5.90. The second-order valence-corrected chi connectivity index (χ2v) is 7.27. The lowest BCUT2D eigenvalue weighted by molar-refractivity contribution is -0.117.